The summed E-state index contributed by atoms with van der Waals surface area (Å²) in [7, 11) is 1.75. The van der Waals surface area contributed by atoms with Gasteiger partial charge in [0.05, 0.1) is 0 Å². The van der Waals surface area contributed by atoms with Crippen molar-refractivity contribution in [2.75, 3.05) is 23.4 Å². The maximum atomic E-state index is 10.9. The predicted octanol–water partition coefficient (Wildman–Crippen LogP) is 2.12. The molecule has 7 nitrogen and oxygen atoms in total. The first-order valence-electron chi connectivity index (χ1n) is 5.59. The standard InChI is InChI=1S/C12H14N6O/c1-7-3-5-8(6-4-7)18(2)11-9(17-19)10(13)15-12(14)16-11/h3-6H,1-2H3,(H4,13,14,15,16). The summed E-state index contributed by atoms with van der Waals surface area (Å²) >= 11 is 0. The van der Waals surface area contributed by atoms with Gasteiger partial charge >= 0.3 is 0 Å². The average molecular weight is 258 g/mol. The summed E-state index contributed by atoms with van der Waals surface area (Å²) in [6, 6.07) is 7.71. The third-order valence-corrected chi connectivity index (χ3v) is 2.74. The van der Waals surface area contributed by atoms with Crippen molar-refractivity contribution >= 4 is 29.0 Å². The maximum Gasteiger partial charge on any atom is 0.224 e. The van der Waals surface area contributed by atoms with Gasteiger partial charge < -0.3 is 16.4 Å². The van der Waals surface area contributed by atoms with Crippen LogP contribution in [0, 0.1) is 11.8 Å². The summed E-state index contributed by atoms with van der Waals surface area (Å²) in [6.07, 6.45) is 0. The van der Waals surface area contributed by atoms with E-state index in [9.17, 15) is 4.91 Å². The molecule has 0 unspecified atom stereocenters. The highest BCUT2D eigenvalue weighted by atomic mass is 16.3. The van der Waals surface area contributed by atoms with Crippen molar-refractivity contribution in [3.63, 3.8) is 0 Å². The van der Waals surface area contributed by atoms with E-state index < -0.39 is 0 Å². The quantitative estimate of drug-likeness (QED) is 0.816. The molecule has 0 radical (unpaired) electrons. The van der Waals surface area contributed by atoms with Crippen molar-refractivity contribution < 1.29 is 0 Å². The van der Waals surface area contributed by atoms with Crippen LogP contribution in [0.4, 0.5) is 29.0 Å². The van der Waals surface area contributed by atoms with Crippen LogP contribution < -0.4 is 16.4 Å². The van der Waals surface area contributed by atoms with Crippen molar-refractivity contribution in [1.29, 1.82) is 0 Å². The first-order valence-corrected chi connectivity index (χ1v) is 5.59. The van der Waals surface area contributed by atoms with Crippen LogP contribution in [0.3, 0.4) is 0 Å². The first-order chi connectivity index (χ1) is 9.02. The third kappa shape index (κ3) is 2.44. The molecule has 0 aliphatic carbocycles. The number of anilines is 4. The fraction of sp³-hybridized carbons (Fsp3) is 0.167. The molecule has 0 saturated carbocycles. The largest absolute Gasteiger partial charge is 0.382 e. The van der Waals surface area contributed by atoms with Crippen LogP contribution in [-0.4, -0.2) is 17.0 Å². The van der Waals surface area contributed by atoms with E-state index in [2.05, 4.69) is 15.1 Å². The van der Waals surface area contributed by atoms with Crippen molar-refractivity contribution in [3.8, 4) is 0 Å². The fourth-order valence-corrected chi connectivity index (χ4v) is 1.69. The van der Waals surface area contributed by atoms with E-state index in [-0.39, 0.29) is 23.3 Å². The average Bonchev–Trinajstić information content (AvgIpc) is 2.38. The Labute approximate surface area is 110 Å². The zero-order valence-electron chi connectivity index (χ0n) is 10.7. The lowest BCUT2D eigenvalue weighted by atomic mass is 10.2. The smallest absolute Gasteiger partial charge is 0.224 e. The molecular formula is C12H14N6O. The van der Waals surface area contributed by atoms with Crippen LogP contribution in [0.25, 0.3) is 0 Å². The van der Waals surface area contributed by atoms with Gasteiger partial charge in [-0.3, -0.25) is 0 Å². The minimum absolute atomic E-state index is 0.00105. The van der Waals surface area contributed by atoms with Gasteiger partial charge in [0, 0.05) is 12.7 Å². The second-order valence-electron chi connectivity index (χ2n) is 4.13. The third-order valence-electron chi connectivity index (χ3n) is 2.74. The molecule has 0 spiro atoms. The van der Waals surface area contributed by atoms with Gasteiger partial charge in [0.25, 0.3) is 0 Å². The molecule has 98 valence electrons. The van der Waals surface area contributed by atoms with Crippen molar-refractivity contribution in [2.24, 2.45) is 5.18 Å². The maximum absolute atomic E-state index is 10.9. The molecular weight excluding hydrogens is 244 g/mol. The molecule has 0 aliphatic heterocycles. The minimum atomic E-state index is -0.0311. The molecule has 1 heterocycles. The number of nitrogens with zero attached hydrogens (tertiary/aromatic N) is 4. The Kier molecular flexibility index (Phi) is 3.28. The number of nitrogens with two attached hydrogens (primary N) is 2. The normalized spacial score (nSPS) is 10.2. The summed E-state index contributed by atoms with van der Waals surface area (Å²) in [4.78, 5) is 20.3. The van der Waals surface area contributed by atoms with E-state index in [1.165, 1.54) is 0 Å². The summed E-state index contributed by atoms with van der Waals surface area (Å²) < 4.78 is 0. The van der Waals surface area contributed by atoms with Gasteiger partial charge in [0.2, 0.25) is 5.95 Å². The van der Waals surface area contributed by atoms with Crippen molar-refractivity contribution in [3.05, 3.63) is 34.7 Å². The van der Waals surface area contributed by atoms with Crippen LogP contribution in [-0.2, 0) is 0 Å². The fourth-order valence-electron chi connectivity index (χ4n) is 1.69. The molecule has 0 amide bonds. The molecule has 0 bridgehead atoms. The van der Waals surface area contributed by atoms with Crippen molar-refractivity contribution in [2.45, 2.75) is 6.92 Å². The Morgan fingerprint density at radius 1 is 1.16 bits per heavy atom. The topological polar surface area (TPSA) is 110 Å². The second kappa shape index (κ2) is 4.89. The summed E-state index contributed by atoms with van der Waals surface area (Å²) in [5.74, 6) is 0.249. The van der Waals surface area contributed by atoms with Gasteiger partial charge in [0.15, 0.2) is 17.3 Å². The molecule has 1 aromatic heterocycles. The zero-order chi connectivity index (χ0) is 14.0. The number of hydrogen-bond donors (Lipinski definition) is 2. The second-order valence-corrected chi connectivity index (χ2v) is 4.13. The highest BCUT2D eigenvalue weighted by Crippen LogP contribution is 2.34. The predicted molar refractivity (Wildman–Crippen MR) is 75.6 cm³/mol. The van der Waals surface area contributed by atoms with Gasteiger partial charge in [-0.05, 0) is 24.2 Å². The van der Waals surface area contributed by atoms with Crippen LogP contribution in [0.1, 0.15) is 5.56 Å². The highest BCUT2D eigenvalue weighted by molar-refractivity contribution is 5.78. The number of nitroso groups, excluding NO2 is 1. The van der Waals surface area contributed by atoms with Crippen LogP contribution >= 0.6 is 0 Å². The highest BCUT2D eigenvalue weighted by Gasteiger charge is 2.17. The molecule has 0 atom stereocenters. The number of hydrogen-bond acceptors (Lipinski definition) is 7. The molecule has 2 rings (SSSR count). The number of nitrogen functional groups attached to an aromatic ring is 2. The lowest BCUT2D eigenvalue weighted by Gasteiger charge is -2.19. The lowest BCUT2D eigenvalue weighted by Crippen LogP contribution is -2.14. The summed E-state index contributed by atoms with van der Waals surface area (Å²) in [6.45, 7) is 1.99. The molecule has 7 heteroatoms. The molecule has 0 saturated heterocycles. The Balaban J connectivity index is 2.51. The molecule has 1 aromatic carbocycles. The number of aryl methyl sites for hydroxylation is 1. The summed E-state index contributed by atoms with van der Waals surface area (Å²) in [5.41, 5.74) is 13.1. The van der Waals surface area contributed by atoms with E-state index in [1.54, 1.807) is 11.9 Å². The molecule has 2 aromatic rings. The van der Waals surface area contributed by atoms with E-state index in [0.29, 0.717) is 0 Å². The van der Waals surface area contributed by atoms with Crippen LogP contribution in [0.2, 0.25) is 0 Å². The number of aromatic nitrogens is 2. The van der Waals surface area contributed by atoms with Gasteiger partial charge in [-0.25, -0.2) is 0 Å². The molecule has 0 fully saturated rings. The number of benzene rings is 1. The monoisotopic (exact) mass is 258 g/mol. The molecule has 4 N–H and O–H groups in total. The minimum Gasteiger partial charge on any atom is -0.382 e. The SMILES string of the molecule is Cc1ccc(N(C)c2nc(N)nc(N)c2N=O)cc1. The number of rotatable bonds is 3. The molecule has 0 aliphatic rings. The van der Waals surface area contributed by atoms with Crippen LogP contribution in [0.5, 0.6) is 0 Å². The van der Waals surface area contributed by atoms with Gasteiger partial charge in [-0.2, -0.15) is 9.97 Å². The Hall–Kier alpha value is -2.70. The Morgan fingerprint density at radius 3 is 2.37 bits per heavy atom. The van der Waals surface area contributed by atoms with Gasteiger partial charge in [-0.15, -0.1) is 4.91 Å². The lowest BCUT2D eigenvalue weighted by molar-refractivity contribution is 1.09. The van der Waals surface area contributed by atoms with Gasteiger partial charge in [0.1, 0.15) is 0 Å². The zero-order valence-corrected chi connectivity index (χ0v) is 10.7. The van der Waals surface area contributed by atoms with E-state index in [0.717, 1.165) is 11.3 Å². The van der Waals surface area contributed by atoms with E-state index in [4.69, 9.17) is 11.5 Å². The van der Waals surface area contributed by atoms with Crippen molar-refractivity contribution in [1.82, 2.24) is 9.97 Å². The van der Waals surface area contributed by atoms with Crippen LogP contribution in [0.15, 0.2) is 29.4 Å². The Morgan fingerprint density at radius 2 is 1.79 bits per heavy atom. The Bertz CT molecular complexity index is 610. The van der Waals surface area contributed by atoms with Gasteiger partial charge in [-0.1, -0.05) is 17.7 Å². The van der Waals surface area contributed by atoms with E-state index in [1.807, 2.05) is 31.2 Å². The summed E-state index contributed by atoms with van der Waals surface area (Å²) in [5, 5.41) is 2.88. The van der Waals surface area contributed by atoms with E-state index >= 15 is 0 Å². The first kappa shape index (κ1) is 12.7. The molecule has 19 heavy (non-hydrogen) atoms.